The third-order valence-corrected chi connectivity index (χ3v) is 3.89. The zero-order valence-electron chi connectivity index (χ0n) is 11.2. The zero-order chi connectivity index (χ0) is 15.0. The summed E-state index contributed by atoms with van der Waals surface area (Å²) in [7, 11) is 0. The van der Waals surface area contributed by atoms with Gasteiger partial charge < -0.3 is 10.6 Å². The summed E-state index contributed by atoms with van der Waals surface area (Å²) in [6.07, 6.45) is 0.346. The maximum Gasteiger partial charge on any atom is 0.471 e. The maximum absolute atomic E-state index is 12.3. The predicted octanol–water partition coefficient (Wildman–Crippen LogP) is 3.10. The van der Waals surface area contributed by atoms with Crippen LogP contribution < -0.4 is 10.6 Å². The summed E-state index contributed by atoms with van der Waals surface area (Å²) in [6.45, 7) is 0. The molecular formula is C15H15F3N2O. The number of fused-ring (bicyclic) bond motifs is 2. The van der Waals surface area contributed by atoms with Crippen molar-refractivity contribution >= 4 is 17.2 Å². The molecule has 3 nitrogen and oxygen atoms in total. The number of hydrogen-bond acceptors (Lipinski definition) is 2. The maximum atomic E-state index is 12.3. The highest BCUT2D eigenvalue weighted by Crippen LogP contribution is 2.32. The zero-order valence-corrected chi connectivity index (χ0v) is 11.2. The van der Waals surface area contributed by atoms with Crippen molar-refractivity contribution in [3.05, 3.63) is 35.9 Å². The number of carbonyl (C=O) groups excluding carboxylic acids is 1. The summed E-state index contributed by atoms with van der Waals surface area (Å²) in [4.78, 5) is 11.0. The Kier molecular flexibility index (Phi) is 3.49. The smallest absolute Gasteiger partial charge is 0.318 e. The summed E-state index contributed by atoms with van der Waals surface area (Å²) in [5, 5.41) is 5.35. The normalized spacial score (nSPS) is 24.6. The lowest BCUT2D eigenvalue weighted by atomic mass is 9.96. The van der Waals surface area contributed by atoms with E-state index < -0.39 is 12.1 Å². The number of halogens is 3. The Morgan fingerprint density at radius 1 is 1.29 bits per heavy atom. The Bertz CT molecular complexity index is 595. The summed E-state index contributed by atoms with van der Waals surface area (Å²) < 4.78 is 36.8. The van der Waals surface area contributed by atoms with E-state index >= 15 is 0 Å². The van der Waals surface area contributed by atoms with Crippen LogP contribution in [0.15, 0.2) is 30.3 Å². The van der Waals surface area contributed by atoms with Gasteiger partial charge in [-0.1, -0.05) is 18.2 Å². The molecule has 112 valence electrons. The molecule has 0 aromatic heterocycles. The van der Waals surface area contributed by atoms with Crippen molar-refractivity contribution in [3.8, 4) is 0 Å². The fraction of sp³-hybridized carbons (Fsp3) is 0.400. The number of rotatable bonds is 2. The third kappa shape index (κ3) is 3.10. The van der Waals surface area contributed by atoms with Gasteiger partial charge in [0.15, 0.2) is 0 Å². The van der Waals surface area contributed by atoms with Crippen molar-refractivity contribution in [2.45, 2.75) is 37.5 Å². The van der Waals surface area contributed by atoms with E-state index in [0.29, 0.717) is 12.1 Å². The Hall–Kier alpha value is -1.82. The Morgan fingerprint density at radius 3 is 2.81 bits per heavy atom. The molecule has 0 saturated carbocycles. The molecule has 1 fully saturated rings. The standard InChI is InChI=1S/C15H15F3N2O/c16-15(17,18)14(21)20-11-3-1-2-9(6-11)10-7-12-4-5-13(8-10)19-12/h1-3,6-7,12-13,19H,4-5,8H2,(H,20,21). The highest BCUT2D eigenvalue weighted by molar-refractivity contribution is 5.95. The lowest BCUT2D eigenvalue weighted by Gasteiger charge is -2.22. The van der Waals surface area contributed by atoms with Crippen molar-refractivity contribution in [1.82, 2.24) is 5.32 Å². The molecule has 2 atom stereocenters. The molecule has 2 N–H and O–H groups in total. The van der Waals surface area contributed by atoms with E-state index in [0.717, 1.165) is 30.4 Å². The van der Waals surface area contributed by atoms with Crippen LogP contribution in [0.5, 0.6) is 0 Å². The molecule has 1 saturated heterocycles. The van der Waals surface area contributed by atoms with Gasteiger partial charge in [-0.25, -0.2) is 0 Å². The van der Waals surface area contributed by atoms with Crippen molar-refractivity contribution in [1.29, 1.82) is 0 Å². The molecule has 0 radical (unpaired) electrons. The first-order valence-electron chi connectivity index (χ1n) is 6.87. The van der Waals surface area contributed by atoms with Gasteiger partial charge >= 0.3 is 12.1 Å². The molecule has 0 spiro atoms. The number of hydrogen-bond donors (Lipinski definition) is 2. The number of carbonyl (C=O) groups is 1. The van der Waals surface area contributed by atoms with Gasteiger partial charge in [0.05, 0.1) is 0 Å². The third-order valence-electron chi connectivity index (χ3n) is 3.89. The fourth-order valence-corrected chi connectivity index (χ4v) is 2.93. The Labute approximate surface area is 120 Å². The van der Waals surface area contributed by atoms with E-state index in [1.165, 1.54) is 6.07 Å². The second-order valence-electron chi connectivity index (χ2n) is 5.48. The van der Waals surface area contributed by atoms with Gasteiger partial charge in [-0.3, -0.25) is 4.79 Å². The number of anilines is 1. The Balaban J connectivity index is 1.79. The first-order chi connectivity index (χ1) is 9.91. The first kappa shape index (κ1) is 14.1. The van der Waals surface area contributed by atoms with Crippen molar-refractivity contribution in [2.24, 2.45) is 0 Å². The molecule has 2 bridgehead atoms. The number of amides is 1. The Morgan fingerprint density at radius 2 is 2.10 bits per heavy atom. The van der Waals surface area contributed by atoms with Crippen LogP contribution in [0.1, 0.15) is 24.8 Å². The quantitative estimate of drug-likeness (QED) is 0.880. The van der Waals surface area contributed by atoms with Crippen LogP contribution in [0, 0.1) is 0 Å². The van der Waals surface area contributed by atoms with E-state index in [4.69, 9.17) is 0 Å². The molecule has 3 rings (SSSR count). The minimum Gasteiger partial charge on any atom is -0.318 e. The second kappa shape index (κ2) is 5.18. The van der Waals surface area contributed by atoms with Gasteiger partial charge in [0.2, 0.25) is 0 Å². The highest BCUT2D eigenvalue weighted by atomic mass is 19.4. The topological polar surface area (TPSA) is 41.1 Å². The first-order valence-corrected chi connectivity index (χ1v) is 6.87. The summed E-state index contributed by atoms with van der Waals surface area (Å²) in [6, 6.07) is 7.38. The van der Waals surface area contributed by atoms with Crippen LogP contribution in [0.2, 0.25) is 0 Å². The van der Waals surface area contributed by atoms with E-state index in [1.54, 1.807) is 12.1 Å². The van der Waals surface area contributed by atoms with E-state index in [9.17, 15) is 18.0 Å². The van der Waals surface area contributed by atoms with E-state index in [1.807, 2.05) is 11.4 Å². The predicted molar refractivity (Wildman–Crippen MR) is 73.7 cm³/mol. The molecule has 1 aromatic carbocycles. The van der Waals surface area contributed by atoms with Crippen LogP contribution in [0.4, 0.5) is 18.9 Å². The monoisotopic (exact) mass is 296 g/mol. The summed E-state index contributed by atoms with van der Waals surface area (Å²) >= 11 is 0. The lowest BCUT2D eigenvalue weighted by molar-refractivity contribution is -0.167. The van der Waals surface area contributed by atoms with Gasteiger partial charge in [-0.05, 0) is 42.5 Å². The molecule has 21 heavy (non-hydrogen) atoms. The molecule has 2 heterocycles. The minimum absolute atomic E-state index is 0.168. The molecule has 1 aromatic rings. The second-order valence-corrected chi connectivity index (χ2v) is 5.48. The number of nitrogens with one attached hydrogen (secondary N) is 2. The average molecular weight is 296 g/mol. The van der Waals surface area contributed by atoms with E-state index in [-0.39, 0.29) is 5.69 Å². The van der Waals surface area contributed by atoms with Crippen LogP contribution in [-0.4, -0.2) is 24.2 Å². The lowest BCUT2D eigenvalue weighted by Crippen LogP contribution is -2.32. The van der Waals surface area contributed by atoms with Gasteiger partial charge in [-0.2, -0.15) is 13.2 Å². The molecule has 2 aliphatic rings. The largest absolute Gasteiger partial charge is 0.471 e. The summed E-state index contributed by atoms with van der Waals surface area (Å²) in [5.41, 5.74) is 2.17. The SMILES string of the molecule is O=C(Nc1cccc(C2=CC3CCC(C2)N3)c1)C(F)(F)F. The minimum atomic E-state index is -4.87. The number of benzene rings is 1. The van der Waals surface area contributed by atoms with Gasteiger partial charge in [0.1, 0.15) is 0 Å². The molecule has 0 aliphatic carbocycles. The van der Waals surface area contributed by atoms with Gasteiger partial charge in [0, 0.05) is 17.8 Å². The van der Waals surface area contributed by atoms with Crippen molar-refractivity contribution < 1.29 is 18.0 Å². The van der Waals surface area contributed by atoms with Crippen LogP contribution in [0.25, 0.3) is 5.57 Å². The highest BCUT2D eigenvalue weighted by Gasteiger charge is 2.38. The van der Waals surface area contributed by atoms with Crippen molar-refractivity contribution in [2.75, 3.05) is 5.32 Å². The van der Waals surface area contributed by atoms with Crippen LogP contribution in [-0.2, 0) is 4.79 Å². The number of alkyl halides is 3. The van der Waals surface area contributed by atoms with E-state index in [2.05, 4.69) is 11.4 Å². The van der Waals surface area contributed by atoms with Gasteiger partial charge in [0.25, 0.3) is 0 Å². The van der Waals surface area contributed by atoms with Crippen LogP contribution in [0.3, 0.4) is 0 Å². The average Bonchev–Trinajstić information content (AvgIpc) is 2.76. The summed E-state index contributed by atoms with van der Waals surface area (Å²) in [5.74, 6) is -1.95. The molecule has 2 aliphatic heterocycles. The van der Waals surface area contributed by atoms with Gasteiger partial charge in [-0.15, -0.1) is 0 Å². The van der Waals surface area contributed by atoms with Crippen molar-refractivity contribution in [3.63, 3.8) is 0 Å². The fourth-order valence-electron chi connectivity index (χ4n) is 2.93. The molecule has 2 unspecified atom stereocenters. The molecular weight excluding hydrogens is 281 g/mol. The van der Waals surface area contributed by atoms with Crippen LogP contribution >= 0.6 is 0 Å². The molecule has 1 amide bonds. The molecule has 6 heteroatoms.